The quantitative estimate of drug-likeness (QED) is 0.732. The largest absolute Gasteiger partial charge is 0.323 e. The van der Waals surface area contributed by atoms with Crippen LogP contribution in [0.4, 0.5) is 16.2 Å². The Hall–Kier alpha value is -2.95. The molecule has 0 saturated carbocycles. The van der Waals surface area contributed by atoms with E-state index in [1.165, 1.54) is 11.1 Å². The molecule has 0 spiro atoms. The Morgan fingerprint density at radius 1 is 1.04 bits per heavy atom. The number of benzene rings is 2. The molecule has 0 unspecified atom stereocenters. The van der Waals surface area contributed by atoms with E-state index in [4.69, 9.17) is 5.41 Å². The number of rotatable bonds is 3. The summed E-state index contributed by atoms with van der Waals surface area (Å²) in [6.07, 6.45) is 1.92. The first-order valence-corrected chi connectivity index (χ1v) is 7.89. The lowest BCUT2D eigenvalue weighted by Crippen LogP contribution is -2.19. The maximum absolute atomic E-state index is 12.1. The molecule has 2 aromatic rings. The normalized spacial score (nSPS) is 14.3. The van der Waals surface area contributed by atoms with Crippen LogP contribution < -0.4 is 10.6 Å². The molecule has 0 radical (unpaired) electrons. The average Bonchev–Trinajstić information content (AvgIpc) is 2.97. The molecule has 0 aliphatic heterocycles. The number of hydrogen-bond acceptors (Lipinski definition) is 3. The second-order valence-electron chi connectivity index (χ2n) is 5.82. The van der Waals surface area contributed by atoms with E-state index in [0.29, 0.717) is 11.4 Å². The van der Waals surface area contributed by atoms with Crippen molar-refractivity contribution in [3.05, 3.63) is 59.2 Å². The lowest BCUT2D eigenvalue weighted by Gasteiger charge is -2.09. The minimum atomic E-state index is -0.281. The number of carbonyl (C=O) groups excluding carboxylic acids is 1. The Kier molecular flexibility index (Phi) is 4.42. The Morgan fingerprint density at radius 2 is 1.71 bits per heavy atom. The molecule has 1 aliphatic carbocycles. The number of fused-ring (bicyclic) bond motifs is 1. The number of nitrogens with one attached hydrogen (secondary N) is 3. The summed E-state index contributed by atoms with van der Waals surface area (Å²) < 4.78 is 0. The molecule has 5 heteroatoms. The Balaban J connectivity index is 1.66. The van der Waals surface area contributed by atoms with Crippen LogP contribution in [0.2, 0.25) is 0 Å². The summed E-state index contributed by atoms with van der Waals surface area (Å²) in [6, 6.07) is 12.9. The lowest BCUT2D eigenvalue weighted by atomic mass is 10.1. The van der Waals surface area contributed by atoms with Crippen molar-refractivity contribution in [1.29, 1.82) is 5.41 Å². The smallest absolute Gasteiger partial charge is 0.308 e. The average molecular weight is 320 g/mol. The zero-order valence-corrected chi connectivity index (χ0v) is 13.8. The molecular formula is C19H20N4O. The van der Waals surface area contributed by atoms with E-state index in [9.17, 15) is 4.79 Å². The number of urea groups is 1. The molecule has 0 aromatic heterocycles. The summed E-state index contributed by atoms with van der Waals surface area (Å²) in [6.45, 7) is 1.73. The number of anilines is 2. The highest BCUT2D eigenvalue weighted by Gasteiger charge is 2.17. The number of nitrogens with zero attached hydrogens (tertiary/aromatic N) is 1. The van der Waals surface area contributed by atoms with Gasteiger partial charge in [-0.2, -0.15) is 0 Å². The van der Waals surface area contributed by atoms with Gasteiger partial charge in [-0.1, -0.05) is 18.2 Å². The van der Waals surface area contributed by atoms with Gasteiger partial charge in [0.1, 0.15) is 0 Å². The molecule has 3 rings (SSSR count). The highest BCUT2D eigenvalue weighted by molar-refractivity contribution is 6.05. The molecule has 0 saturated heterocycles. The first kappa shape index (κ1) is 15.9. The molecule has 1 aliphatic rings. The number of hydrogen-bond donors (Lipinski definition) is 3. The molecule has 0 fully saturated rings. The van der Waals surface area contributed by atoms with E-state index < -0.39 is 0 Å². The first-order valence-electron chi connectivity index (χ1n) is 7.89. The van der Waals surface area contributed by atoms with Gasteiger partial charge in [0.2, 0.25) is 0 Å². The monoisotopic (exact) mass is 320 g/mol. The maximum atomic E-state index is 12.1. The summed E-state index contributed by atoms with van der Waals surface area (Å²) in [4.78, 5) is 16.4. The molecule has 24 heavy (non-hydrogen) atoms. The van der Waals surface area contributed by atoms with Crippen molar-refractivity contribution in [2.24, 2.45) is 4.99 Å². The zero-order valence-electron chi connectivity index (χ0n) is 13.8. The molecule has 122 valence electrons. The van der Waals surface area contributed by atoms with Gasteiger partial charge in [-0.3, -0.25) is 4.99 Å². The van der Waals surface area contributed by atoms with Crippen LogP contribution in [0.5, 0.6) is 0 Å². The summed E-state index contributed by atoms with van der Waals surface area (Å²) in [5.74, 6) is 0. The maximum Gasteiger partial charge on any atom is 0.323 e. The van der Waals surface area contributed by atoms with Gasteiger partial charge in [-0.15, -0.1) is 0 Å². The van der Waals surface area contributed by atoms with E-state index in [0.717, 1.165) is 29.8 Å². The number of aryl methyl sites for hydroxylation is 1. The van der Waals surface area contributed by atoms with E-state index in [-0.39, 0.29) is 6.03 Å². The fraction of sp³-hybridized carbons (Fsp3) is 0.211. The van der Waals surface area contributed by atoms with Gasteiger partial charge < -0.3 is 16.0 Å². The number of carbonyl (C=O) groups is 1. The van der Waals surface area contributed by atoms with Gasteiger partial charge in [0.05, 0.1) is 0 Å². The summed E-state index contributed by atoms with van der Waals surface area (Å²) in [5.41, 5.74) is 6.34. The van der Waals surface area contributed by atoms with E-state index in [1.54, 1.807) is 19.1 Å². The molecule has 3 N–H and O–H groups in total. The third-order valence-corrected chi connectivity index (χ3v) is 4.15. The Morgan fingerprint density at radius 3 is 2.38 bits per heavy atom. The minimum absolute atomic E-state index is 0.281. The molecule has 2 amide bonds. The summed E-state index contributed by atoms with van der Waals surface area (Å²) in [5, 5.41) is 13.2. The third kappa shape index (κ3) is 3.35. The topological polar surface area (TPSA) is 77.3 Å². The Labute approximate surface area is 141 Å². The van der Waals surface area contributed by atoms with Crippen molar-refractivity contribution in [3.63, 3.8) is 0 Å². The van der Waals surface area contributed by atoms with Crippen LogP contribution in [0, 0.1) is 5.41 Å². The lowest BCUT2D eigenvalue weighted by molar-refractivity contribution is 0.262. The molecule has 0 bridgehead atoms. The highest BCUT2D eigenvalue weighted by Crippen LogP contribution is 2.25. The standard InChI is InChI=1S/C19H20N4O/c1-12(20)13-3-6-15(7-4-13)22-19(24)23-16-8-9-17-14(11-16)5-10-18(17)21-2/h3-4,6-9,11,20H,5,10H2,1-2H3,(H2,22,23,24). The van der Waals surface area contributed by atoms with Crippen LogP contribution in [-0.2, 0) is 6.42 Å². The summed E-state index contributed by atoms with van der Waals surface area (Å²) >= 11 is 0. The van der Waals surface area contributed by atoms with E-state index in [2.05, 4.69) is 15.6 Å². The summed E-state index contributed by atoms with van der Waals surface area (Å²) in [7, 11) is 1.81. The van der Waals surface area contributed by atoms with Crippen LogP contribution in [0.1, 0.15) is 30.0 Å². The Bertz CT molecular complexity index is 822. The zero-order chi connectivity index (χ0) is 17.1. The van der Waals surface area contributed by atoms with E-state index >= 15 is 0 Å². The number of amides is 2. The molecular weight excluding hydrogens is 300 g/mol. The van der Waals surface area contributed by atoms with Crippen molar-refractivity contribution >= 4 is 28.8 Å². The predicted octanol–water partition coefficient (Wildman–Crippen LogP) is 4.08. The van der Waals surface area contributed by atoms with Crippen molar-refractivity contribution < 1.29 is 4.79 Å². The SMILES string of the molecule is CN=C1CCc2cc(NC(=O)Nc3ccc(C(C)=N)cc3)ccc21. The van der Waals surface area contributed by atoms with Gasteiger partial charge in [-0.05, 0) is 60.7 Å². The van der Waals surface area contributed by atoms with Gasteiger partial charge >= 0.3 is 6.03 Å². The van der Waals surface area contributed by atoms with Crippen LogP contribution in [0.3, 0.4) is 0 Å². The van der Waals surface area contributed by atoms with Crippen molar-refractivity contribution in [2.45, 2.75) is 19.8 Å². The van der Waals surface area contributed by atoms with Crippen molar-refractivity contribution in [1.82, 2.24) is 0 Å². The van der Waals surface area contributed by atoms with Crippen LogP contribution in [-0.4, -0.2) is 24.5 Å². The first-order chi connectivity index (χ1) is 11.6. The minimum Gasteiger partial charge on any atom is -0.308 e. The van der Waals surface area contributed by atoms with Crippen LogP contribution >= 0.6 is 0 Å². The second kappa shape index (κ2) is 6.66. The molecule has 2 aromatic carbocycles. The fourth-order valence-corrected chi connectivity index (χ4v) is 2.88. The molecule has 0 heterocycles. The van der Waals surface area contributed by atoms with Gasteiger partial charge in [-0.25, -0.2) is 4.79 Å². The van der Waals surface area contributed by atoms with Crippen molar-refractivity contribution in [2.75, 3.05) is 17.7 Å². The van der Waals surface area contributed by atoms with Crippen LogP contribution in [0.25, 0.3) is 0 Å². The number of aliphatic imine (C=N–C) groups is 1. The van der Waals surface area contributed by atoms with Gasteiger partial charge in [0.15, 0.2) is 0 Å². The second-order valence-corrected chi connectivity index (χ2v) is 5.82. The highest BCUT2D eigenvalue weighted by atomic mass is 16.2. The van der Waals surface area contributed by atoms with Crippen molar-refractivity contribution in [3.8, 4) is 0 Å². The van der Waals surface area contributed by atoms with Crippen LogP contribution in [0.15, 0.2) is 47.5 Å². The third-order valence-electron chi connectivity index (χ3n) is 4.15. The van der Waals surface area contributed by atoms with Gasteiger partial charge in [0, 0.05) is 29.8 Å². The van der Waals surface area contributed by atoms with E-state index in [1.807, 2.05) is 37.4 Å². The molecule has 0 atom stereocenters. The molecule has 5 nitrogen and oxygen atoms in total. The van der Waals surface area contributed by atoms with Gasteiger partial charge in [0.25, 0.3) is 0 Å². The predicted molar refractivity (Wildman–Crippen MR) is 98.8 cm³/mol. The fourth-order valence-electron chi connectivity index (χ4n) is 2.88.